The van der Waals surface area contributed by atoms with Gasteiger partial charge in [0.05, 0.1) is 16.6 Å². The van der Waals surface area contributed by atoms with Crippen LogP contribution in [0.1, 0.15) is 34.6 Å². The predicted octanol–water partition coefficient (Wildman–Crippen LogP) is 5.47. The average molecular weight is 496 g/mol. The molecular formula is C21H17BrClFN2O4. The van der Waals surface area contributed by atoms with Crippen LogP contribution in [0.4, 0.5) is 4.39 Å². The molecule has 156 valence electrons. The Kier molecular flexibility index (Phi) is 5.71. The third-order valence-electron chi connectivity index (χ3n) is 4.76. The summed E-state index contributed by atoms with van der Waals surface area (Å²) in [5, 5.41) is 6.92. The van der Waals surface area contributed by atoms with E-state index < -0.39 is 17.8 Å². The predicted molar refractivity (Wildman–Crippen MR) is 113 cm³/mol. The monoisotopic (exact) mass is 494 g/mol. The molecule has 2 heterocycles. The van der Waals surface area contributed by atoms with Crippen molar-refractivity contribution in [1.82, 2.24) is 10.5 Å². The molecule has 1 N–H and O–H groups in total. The van der Waals surface area contributed by atoms with Crippen LogP contribution in [0, 0.1) is 12.7 Å². The SMILES string of the molecule is Cc1onc(-c2c(F)cccc2Cl)c1C(=O)NC(C)c1cc2c(cc1Br)OCCO2. The highest BCUT2D eigenvalue weighted by molar-refractivity contribution is 9.10. The Hall–Kier alpha value is -2.58. The maximum atomic E-state index is 14.4. The summed E-state index contributed by atoms with van der Waals surface area (Å²) < 4.78 is 31.5. The fraction of sp³-hybridized carbons (Fsp3) is 0.238. The van der Waals surface area contributed by atoms with Gasteiger partial charge >= 0.3 is 0 Å². The van der Waals surface area contributed by atoms with E-state index in [1.807, 2.05) is 19.1 Å². The van der Waals surface area contributed by atoms with E-state index in [1.54, 1.807) is 6.92 Å². The van der Waals surface area contributed by atoms with Crippen molar-refractivity contribution in [3.63, 3.8) is 0 Å². The van der Waals surface area contributed by atoms with Crippen molar-refractivity contribution >= 4 is 33.4 Å². The summed E-state index contributed by atoms with van der Waals surface area (Å²) in [7, 11) is 0. The molecule has 0 spiro atoms. The van der Waals surface area contributed by atoms with E-state index >= 15 is 0 Å². The van der Waals surface area contributed by atoms with Crippen molar-refractivity contribution in [1.29, 1.82) is 0 Å². The number of nitrogens with zero attached hydrogens (tertiary/aromatic N) is 1. The van der Waals surface area contributed by atoms with Crippen molar-refractivity contribution in [2.24, 2.45) is 0 Å². The summed E-state index contributed by atoms with van der Waals surface area (Å²) in [6.07, 6.45) is 0. The number of fused-ring (bicyclic) bond motifs is 1. The Balaban J connectivity index is 1.65. The number of benzene rings is 2. The molecular weight excluding hydrogens is 479 g/mol. The highest BCUT2D eigenvalue weighted by Crippen LogP contribution is 2.38. The maximum absolute atomic E-state index is 14.4. The van der Waals surface area contributed by atoms with Gasteiger partial charge in [-0.05, 0) is 43.7 Å². The van der Waals surface area contributed by atoms with Gasteiger partial charge in [0.15, 0.2) is 11.5 Å². The Morgan fingerprint density at radius 3 is 2.67 bits per heavy atom. The first-order chi connectivity index (χ1) is 14.4. The Morgan fingerprint density at radius 1 is 1.27 bits per heavy atom. The number of ether oxygens (including phenoxy) is 2. The van der Waals surface area contributed by atoms with E-state index in [9.17, 15) is 9.18 Å². The summed E-state index contributed by atoms with van der Waals surface area (Å²) >= 11 is 9.67. The van der Waals surface area contributed by atoms with Gasteiger partial charge in [0.2, 0.25) is 0 Å². The lowest BCUT2D eigenvalue weighted by Crippen LogP contribution is -2.28. The third-order valence-corrected chi connectivity index (χ3v) is 5.77. The van der Waals surface area contributed by atoms with E-state index in [-0.39, 0.29) is 27.6 Å². The van der Waals surface area contributed by atoms with Crippen LogP contribution >= 0.6 is 27.5 Å². The molecule has 0 fully saturated rings. The van der Waals surface area contributed by atoms with Crippen LogP contribution in [0.3, 0.4) is 0 Å². The quantitative estimate of drug-likeness (QED) is 0.520. The van der Waals surface area contributed by atoms with Crippen LogP contribution in [-0.4, -0.2) is 24.3 Å². The number of hydrogen-bond acceptors (Lipinski definition) is 5. The fourth-order valence-corrected chi connectivity index (χ4v) is 4.21. The summed E-state index contributed by atoms with van der Waals surface area (Å²) in [6.45, 7) is 4.36. The molecule has 1 aromatic heterocycles. The number of rotatable bonds is 4. The molecule has 6 nitrogen and oxygen atoms in total. The lowest BCUT2D eigenvalue weighted by molar-refractivity contribution is 0.0938. The molecule has 0 saturated carbocycles. The zero-order valence-electron chi connectivity index (χ0n) is 16.1. The molecule has 2 aromatic carbocycles. The van der Waals surface area contributed by atoms with E-state index in [4.69, 9.17) is 25.6 Å². The van der Waals surface area contributed by atoms with Gasteiger partial charge < -0.3 is 19.3 Å². The highest BCUT2D eigenvalue weighted by Gasteiger charge is 2.27. The molecule has 1 aliphatic rings. The minimum absolute atomic E-state index is 0.0225. The van der Waals surface area contributed by atoms with Crippen LogP contribution in [0.2, 0.25) is 5.02 Å². The summed E-state index contributed by atoms with van der Waals surface area (Å²) in [5.74, 6) is 0.461. The van der Waals surface area contributed by atoms with Gasteiger partial charge in [-0.15, -0.1) is 0 Å². The molecule has 1 unspecified atom stereocenters. The minimum Gasteiger partial charge on any atom is -0.486 e. The third kappa shape index (κ3) is 3.77. The molecule has 0 bridgehead atoms. The lowest BCUT2D eigenvalue weighted by Gasteiger charge is -2.22. The molecule has 1 amide bonds. The Morgan fingerprint density at radius 2 is 1.97 bits per heavy atom. The summed E-state index contributed by atoms with van der Waals surface area (Å²) in [5.41, 5.74) is 1.01. The maximum Gasteiger partial charge on any atom is 0.257 e. The van der Waals surface area contributed by atoms with Gasteiger partial charge in [-0.25, -0.2) is 4.39 Å². The van der Waals surface area contributed by atoms with Crippen molar-refractivity contribution < 1.29 is 23.2 Å². The van der Waals surface area contributed by atoms with Crippen molar-refractivity contribution in [3.05, 3.63) is 62.5 Å². The number of hydrogen-bond donors (Lipinski definition) is 1. The molecule has 0 radical (unpaired) electrons. The molecule has 0 aliphatic carbocycles. The second-order valence-corrected chi connectivity index (χ2v) is 8.03. The largest absolute Gasteiger partial charge is 0.486 e. The highest BCUT2D eigenvalue weighted by atomic mass is 79.9. The zero-order valence-corrected chi connectivity index (χ0v) is 18.4. The van der Waals surface area contributed by atoms with Crippen molar-refractivity contribution in [2.45, 2.75) is 19.9 Å². The van der Waals surface area contributed by atoms with E-state index in [0.29, 0.717) is 24.7 Å². The van der Waals surface area contributed by atoms with E-state index in [2.05, 4.69) is 26.4 Å². The number of amides is 1. The smallest absolute Gasteiger partial charge is 0.257 e. The van der Waals surface area contributed by atoms with Gasteiger partial charge in [0.1, 0.15) is 36.0 Å². The standard InChI is InChI=1S/C21H17BrClFN2O4/c1-10(12-8-16-17(9-13(12)22)29-7-6-28-16)25-21(27)18-11(2)30-26-20(18)19-14(23)4-3-5-15(19)24/h3-5,8-10H,6-7H2,1-2H3,(H,25,27). The molecule has 4 rings (SSSR count). The van der Waals surface area contributed by atoms with Crippen LogP contribution in [0.5, 0.6) is 11.5 Å². The zero-order chi connectivity index (χ0) is 21.4. The second-order valence-electron chi connectivity index (χ2n) is 6.77. The van der Waals surface area contributed by atoms with Crippen LogP contribution < -0.4 is 14.8 Å². The van der Waals surface area contributed by atoms with Gasteiger partial charge in [-0.2, -0.15) is 0 Å². The van der Waals surface area contributed by atoms with Gasteiger partial charge in [0, 0.05) is 4.47 Å². The number of nitrogens with one attached hydrogen (secondary N) is 1. The molecule has 9 heteroatoms. The van der Waals surface area contributed by atoms with Crippen molar-refractivity contribution in [3.8, 4) is 22.8 Å². The Bertz CT molecular complexity index is 1110. The van der Waals surface area contributed by atoms with Gasteiger partial charge in [-0.1, -0.05) is 38.8 Å². The first-order valence-corrected chi connectivity index (χ1v) is 10.3. The van der Waals surface area contributed by atoms with Crippen LogP contribution in [0.15, 0.2) is 39.3 Å². The second kappa shape index (κ2) is 8.28. The number of carbonyl (C=O) groups excluding carboxylic acids is 1. The van der Waals surface area contributed by atoms with Gasteiger partial charge in [-0.3, -0.25) is 4.79 Å². The van der Waals surface area contributed by atoms with Gasteiger partial charge in [0.25, 0.3) is 5.91 Å². The van der Waals surface area contributed by atoms with E-state index in [0.717, 1.165) is 10.0 Å². The topological polar surface area (TPSA) is 73.6 Å². The molecule has 0 saturated heterocycles. The molecule has 3 aromatic rings. The number of aryl methyl sites for hydroxylation is 1. The molecule has 30 heavy (non-hydrogen) atoms. The first-order valence-electron chi connectivity index (χ1n) is 9.17. The number of aromatic nitrogens is 1. The summed E-state index contributed by atoms with van der Waals surface area (Å²) in [6, 6.07) is 7.49. The lowest BCUT2D eigenvalue weighted by atomic mass is 10.0. The normalized spacial score (nSPS) is 13.8. The first kappa shape index (κ1) is 20.7. The van der Waals surface area contributed by atoms with E-state index in [1.165, 1.54) is 18.2 Å². The molecule has 1 atom stereocenters. The Labute approximate surface area is 185 Å². The number of halogens is 3. The summed E-state index contributed by atoms with van der Waals surface area (Å²) in [4.78, 5) is 13.1. The van der Waals surface area contributed by atoms with Crippen LogP contribution in [-0.2, 0) is 0 Å². The average Bonchev–Trinajstić information content (AvgIpc) is 3.08. The number of carbonyl (C=O) groups is 1. The minimum atomic E-state index is -0.590. The fourth-order valence-electron chi connectivity index (χ4n) is 3.29. The molecule has 1 aliphatic heterocycles. The van der Waals surface area contributed by atoms with Crippen LogP contribution in [0.25, 0.3) is 11.3 Å². The van der Waals surface area contributed by atoms with Crippen molar-refractivity contribution in [2.75, 3.05) is 13.2 Å².